The van der Waals surface area contributed by atoms with E-state index in [1.807, 2.05) is 0 Å². The zero-order valence-electron chi connectivity index (χ0n) is 13.4. The number of halogens is 1. The van der Waals surface area contributed by atoms with Crippen LogP contribution in [0.5, 0.6) is 0 Å². The minimum atomic E-state index is -0.903. The lowest BCUT2D eigenvalue weighted by Gasteiger charge is -2.27. The average molecular weight is 324 g/mol. The monoisotopic (exact) mass is 324 g/mol. The van der Waals surface area contributed by atoms with Gasteiger partial charge in [0.05, 0.1) is 18.3 Å². The number of aliphatic hydroxyl groups is 1. The summed E-state index contributed by atoms with van der Waals surface area (Å²) >= 11 is 0. The molecule has 1 fully saturated rings. The van der Waals surface area contributed by atoms with Gasteiger partial charge in [-0.15, -0.1) is 0 Å². The Kier molecular flexibility index (Phi) is 4.89. The summed E-state index contributed by atoms with van der Waals surface area (Å²) in [6.07, 6.45) is -1.42. The van der Waals surface area contributed by atoms with Crippen LogP contribution in [0.1, 0.15) is 27.2 Å². The van der Waals surface area contributed by atoms with E-state index in [0.29, 0.717) is 0 Å². The van der Waals surface area contributed by atoms with Crippen molar-refractivity contribution in [3.63, 3.8) is 0 Å². The molecular weight excluding hydrogens is 303 g/mol. The van der Waals surface area contributed by atoms with E-state index in [0.717, 1.165) is 0 Å². The molecule has 0 saturated carbocycles. The highest BCUT2D eigenvalue weighted by Crippen LogP contribution is 2.23. The fraction of sp³-hybridized carbons (Fsp3) is 0.500. The summed E-state index contributed by atoms with van der Waals surface area (Å²) in [5, 5.41) is 12.2. The van der Waals surface area contributed by atoms with Crippen LogP contribution in [0.2, 0.25) is 0 Å². The average Bonchev–Trinajstić information content (AvgIpc) is 2.82. The van der Waals surface area contributed by atoms with Gasteiger partial charge in [0.25, 0.3) is 0 Å². The number of β-amino-alcohol motifs (C(OH)–C–C–N with tert-alkyl or cyclic N) is 1. The van der Waals surface area contributed by atoms with Crippen molar-refractivity contribution in [2.45, 2.75) is 44.9 Å². The molecule has 0 aromatic heterocycles. The standard InChI is InChI=1S/C16H21FN2O4/c1-16(2,3)23-15(22)19-9-10(20)8-13(19)14(21)18-12-7-5-4-6-11(12)17/h4-7,10,13,20H,8-9H2,1-3H3,(H,18,21). The number of likely N-dealkylation sites (tertiary alicyclic amines) is 1. The van der Waals surface area contributed by atoms with Gasteiger partial charge < -0.3 is 15.2 Å². The third-order valence-corrected chi connectivity index (χ3v) is 3.34. The minimum Gasteiger partial charge on any atom is -0.444 e. The summed E-state index contributed by atoms with van der Waals surface area (Å²) in [4.78, 5) is 25.7. The van der Waals surface area contributed by atoms with Gasteiger partial charge in [-0.25, -0.2) is 9.18 Å². The Labute approximate surface area is 134 Å². The van der Waals surface area contributed by atoms with Gasteiger partial charge in [-0.1, -0.05) is 12.1 Å². The number of anilines is 1. The van der Waals surface area contributed by atoms with Gasteiger partial charge in [-0.3, -0.25) is 9.69 Å². The van der Waals surface area contributed by atoms with E-state index < -0.39 is 35.6 Å². The number of rotatable bonds is 2. The number of aliphatic hydroxyl groups excluding tert-OH is 1. The van der Waals surface area contributed by atoms with Crippen LogP contribution in [-0.4, -0.2) is 46.3 Å². The van der Waals surface area contributed by atoms with Crippen LogP contribution in [0.25, 0.3) is 0 Å². The maximum atomic E-state index is 13.6. The first-order valence-corrected chi connectivity index (χ1v) is 7.40. The van der Waals surface area contributed by atoms with E-state index in [9.17, 15) is 19.1 Å². The van der Waals surface area contributed by atoms with E-state index in [4.69, 9.17) is 4.74 Å². The van der Waals surface area contributed by atoms with Gasteiger partial charge in [0.2, 0.25) is 5.91 Å². The second-order valence-electron chi connectivity index (χ2n) is 6.51. The van der Waals surface area contributed by atoms with Crippen LogP contribution in [0.15, 0.2) is 24.3 Å². The van der Waals surface area contributed by atoms with E-state index >= 15 is 0 Å². The number of nitrogens with one attached hydrogen (secondary N) is 1. The second-order valence-corrected chi connectivity index (χ2v) is 6.51. The zero-order chi connectivity index (χ0) is 17.2. The molecule has 0 aliphatic carbocycles. The van der Waals surface area contributed by atoms with E-state index in [-0.39, 0.29) is 18.7 Å². The Morgan fingerprint density at radius 2 is 2.00 bits per heavy atom. The summed E-state index contributed by atoms with van der Waals surface area (Å²) < 4.78 is 18.9. The Bertz CT molecular complexity index is 600. The Morgan fingerprint density at radius 3 is 2.61 bits per heavy atom. The Balaban J connectivity index is 2.11. The van der Waals surface area contributed by atoms with Crippen molar-refractivity contribution in [2.75, 3.05) is 11.9 Å². The van der Waals surface area contributed by atoms with Gasteiger partial charge in [-0.05, 0) is 32.9 Å². The molecule has 6 nitrogen and oxygen atoms in total. The molecule has 1 aliphatic rings. The minimum absolute atomic E-state index is 0.00424. The van der Waals surface area contributed by atoms with Crippen LogP contribution >= 0.6 is 0 Å². The second kappa shape index (κ2) is 6.54. The highest BCUT2D eigenvalue weighted by Gasteiger charge is 2.41. The van der Waals surface area contributed by atoms with Gasteiger partial charge in [0, 0.05) is 6.42 Å². The quantitative estimate of drug-likeness (QED) is 0.873. The van der Waals surface area contributed by atoms with E-state index in [2.05, 4.69) is 5.32 Å². The number of ether oxygens (including phenoxy) is 1. The summed E-state index contributed by atoms with van der Waals surface area (Å²) in [6.45, 7) is 5.15. The summed E-state index contributed by atoms with van der Waals surface area (Å²) in [6, 6.07) is 4.85. The SMILES string of the molecule is CC(C)(C)OC(=O)N1CC(O)CC1C(=O)Nc1ccccc1F. The molecular formula is C16H21FN2O4. The van der Waals surface area contributed by atoms with Crippen LogP contribution in [0, 0.1) is 5.82 Å². The predicted octanol–water partition coefficient (Wildman–Crippen LogP) is 2.13. The summed E-state index contributed by atoms with van der Waals surface area (Å²) in [5.74, 6) is -1.12. The molecule has 1 aliphatic heterocycles. The molecule has 1 aromatic rings. The first kappa shape index (κ1) is 17.2. The van der Waals surface area contributed by atoms with Gasteiger partial charge in [-0.2, -0.15) is 0 Å². The first-order chi connectivity index (χ1) is 10.7. The lowest BCUT2D eigenvalue weighted by molar-refractivity contribution is -0.120. The van der Waals surface area contributed by atoms with Crippen molar-refractivity contribution < 1.29 is 23.8 Å². The normalized spacial score (nSPS) is 21.2. The van der Waals surface area contributed by atoms with Crippen LogP contribution in [0.3, 0.4) is 0 Å². The van der Waals surface area contributed by atoms with E-state index in [1.165, 1.54) is 23.1 Å². The van der Waals surface area contributed by atoms with Crippen LogP contribution in [-0.2, 0) is 9.53 Å². The summed E-state index contributed by atoms with van der Waals surface area (Å²) in [5.41, 5.74) is -0.681. The number of para-hydroxylation sites is 1. The molecule has 23 heavy (non-hydrogen) atoms. The summed E-state index contributed by atoms with van der Waals surface area (Å²) in [7, 11) is 0. The maximum absolute atomic E-state index is 13.6. The lowest BCUT2D eigenvalue weighted by atomic mass is 10.1. The Morgan fingerprint density at radius 1 is 1.35 bits per heavy atom. The third kappa shape index (κ3) is 4.41. The van der Waals surface area contributed by atoms with Gasteiger partial charge in [0.15, 0.2) is 0 Å². The fourth-order valence-corrected chi connectivity index (χ4v) is 2.36. The molecule has 0 radical (unpaired) electrons. The molecule has 1 aromatic carbocycles. The van der Waals surface area contributed by atoms with Crippen molar-refractivity contribution in [2.24, 2.45) is 0 Å². The highest BCUT2D eigenvalue weighted by atomic mass is 19.1. The largest absolute Gasteiger partial charge is 0.444 e. The Hall–Kier alpha value is -2.15. The molecule has 1 saturated heterocycles. The topological polar surface area (TPSA) is 78.9 Å². The molecule has 2 atom stereocenters. The van der Waals surface area contributed by atoms with Crippen molar-refractivity contribution in [1.82, 2.24) is 4.90 Å². The van der Waals surface area contributed by atoms with Crippen molar-refractivity contribution in [3.8, 4) is 0 Å². The molecule has 7 heteroatoms. The molecule has 2 N–H and O–H groups in total. The number of hydrogen-bond acceptors (Lipinski definition) is 4. The van der Waals surface area contributed by atoms with Crippen molar-refractivity contribution >= 4 is 17.7 Å². The molecule has 126 valence electrons. The van der Waals surface area contributed by atoms with Crippen molar-refractivity contribution in [3.05, 3.63) is 30.1 Å². The lowest BCUT2D eigenvalue weighted by Crippen LogP contribution is -2.45. The van der Waals surface area contributed by atoms with Gasteiger partial charge in [0.1, 0.15) is 17.5 Å². The molecule has 2 rings (SSSR count). The fourth-order valence-electron chi connectivity index (χ4n) is 2.36. The highest BCUT2D eigenvalue weighted by molar-refractivity contribution is 5.97. The number of nitrogens with zero attached hydrogens (tertiary/aromatic N) is 1. The van der Waals surface area contributed by atoms with E-state index in [1.54, 1.807) is 26.8 Å². The molecule has 0 spiro atoms. The van der Waals surface area contributed by atoms with Crippen LogP contribution < -0.4 is 5.32 Å². The molecule has 1 heterocycles. The number of benzene rings is 1. The maximum Gasteiger partial charge on any atom is 0.411 e. The smallest absolute Gasteiger partial charge is 0.411 e. The first-order valence-electron chi connectivity index (χ1n) is 7.40. The number of amides is 2. The molecule has 2 unspecified atom stereocenters. The molecule has 0 bridgehead atoms. The third-order valence-electron chi connectivity index (χ3n) is 3.34. The number of carbonyl (C=O) groups excluding carboxylic acids is 2. The number of hydrogen-bond donors (Lipinski definition) is 2. The van der Waals surface area contributed by atoms with Gasteiger partial charge >= 0.3 is 6.09 Å². The zero-order valence-corrected chi connectivity index (χ0v) is 13.4. The van der Waals surface area contributed by atoms with Crippen molar-refractivity contribution in [1.29, 1.82) is 0 Å². The number of carbonyl (C=O) groups is 2. The van der Waals surface area contributed by atoms with Crippen LogP contribution in [0.4, 0.5) is 14.9 Å². The predicted molar refractivity (Wildman–Crippen MR) is 82.4 cm³/mol. The molecule has 2 amide bonds.